The van der Waals surface area contributed by atoms with E-state index in [1.807, 2.05) is 61.5 Å². The van der Waals surface area contributed by atoms with E-state index < -0.39 is 0 Å². The lowest BCUT2D eigenvalue weighted by molar-refractivity contribution is 0.103. The van der Waals surface area contributed by atoms with Gasteiger partial charge in [-0.3, -0.25) is 9.59 Å². The molecule has 6 rings (SSSR count). The van der Waals surface area contributed by atoms with E-state index in [9.17, 15) is 9.59 Å². The van der Waals surface area contributed by atoms with E-state index in [0.29, 0.717) is 26.2 Å². The zero-order valence-corrected chi connectivity index (χ0v) is 27.9. The second kappa shape index (κ2) is 14.7. The Morgan fingerprint density at radius 2 is 0.870 bits per heavy atom. The van der Waals surface area contributed by atoms with Gasteiger partial charge in [0.25, 0.3) is 0 Å². The first kappa shape index (κ1) is 32.9. The second-order valence-corrected chi connectivity index (χ2v) is 12.5. The van der Waals surface area contributed by atoms with E-state index in [1.54, 1.807) is 48.5 Å². The van der Waals surface area contributed by atoms with E-state index in [-0.39, 0.29) is 11.6 Å². The van der Waals surface area contributed by atoms with Crippen molar-refractivity contribution >= 4 is 46.4 Å². The average Bonchev–Trinajstić information content (AvgIpc) is 3.04. The topological polar surface area (TPSA) is 34.1 Å². The van der Waals surface area contributed by atoms with Crippen LogP contribution in [0.15, 0.2) is 133 Å². The van der Waals surface area contributed by atoms with Gasteiger partial charge in [-0.1, -0.05) is 149 Å². The quantitative estimate of drug-likeness (QED) is 0.166. The second-order valence-electron chi connectivity index (χ2n) is 11.2. The van der Waals surface area contributed by atoms with E-state index in [1.165, 1.54) is 11.1 Å². The van der Waals surface area contributed by atoms with Crippen molar-refractivity contribution in [3.63, 3.8) is 0 Å². The highest BCUT2D eigenvalue weighted by Crippen LogP contribution is 2.33. The lowest BCUT2D eigenvalue weighted by Crippen LogP contribution is -2.04. The number of carbonyl (C=O) groups excluding carboxylic acids is 2. The minimum atomic E-state index is -0.0980. The molecule has 5 heteroatoms. The molecule has 0 bridgehead atoms. The van der Waals surface area contributed by atoms with Crippen molar-refractivity contribution in [1.29, 1.82) is 0 Å². The first-order valence-electron chi connectivity index (χ1n) is 14.7. The summed E-state index contributed by atoms with van der Waals surface area (Å²) in [6.45, 7) is 6.19. The van der Waals surface area contributed by atoms with Crippen LogP contribution >= 0.6 is 34.8 Å². The predicted molar refractivity (Wildman–Crippen MR) is 193 cm³/mol. The fourth-order valence-electron chi connectivity index (χ4n) is 5.38. The van der Waals surface area contributed by atoms with Crippen LogP contribution in [0.1, 0.15) is 48.5 Å². The SMILES string of the molecule is Cc1cc(C)cc(-c2ccc(C)cc2C(=O)c2ccccc2)c1.O=C(c1ccccc1)c1cc(Cl)ccc1-c1cc(Cl)cc(Cl)c1. The van der Waals surface area contributed by atoms with Crippen molar-refractivity contribution in [2.45, 2.75) is 20.8 Å². The molecule has 0 spiro atoms. The molecule has 0 aliphatic carbocycles. The van der Waals surface area contributed by atoms with Crippen molar-refractivity contribution in [3.05, 3.63) is 187 Å². The lowest BCUT2D eigenvalue weighted by Gasteiger charge is -2.12. The lowest BCUT2D eigenvalue weighted by atomic mass is 9.91. The molecule has 6 aromatic rings. The van der Waals surface area contributed by atoms with Crippen LogP contribution in [0.4, 0.5) is 0 Å². The van der Waals surface area contributed by atoms with Gasteiger partial charge in [0.05, 0.1) is 0 Å². The van der Waals surface area contributed by atoms with Gasteiger partial charge in [0.2, 0.25) is 0 Å². The Kier molecular flexibility index (Phi) is 10.6. The number of rotatable bonds is 6. The third-order valence-electron chi connectivity index (χ3n) is 7.42. The Morgan fingerprint density at radius 3 is 1.39 bits per heavy atom. The molecule has 0 unspecified atom stereocenters. The van der Waals surface area contributed by atoms with Gasteiger partial charge in [-0.2, -0.15) is 0 Å². The summed E-state index contributed by atoms with van der Waals surface area (Å²) in [5, 5.41) is 1.53. The summed E-state index contributed by atoms with van der Waals surface area (Å²) in [6, 6.07) is 41.5. The van der Waals surface area contributed by atoms with Crippen LogP contribution in [-0.2, 0) is 0 Å². The van der Waals surface area contributed by atoms with Crippen LogP contribution in [0.5, 0.6) is 0 Å². The van der Waals surface area contributed by atoms with E-state index in [0.717, 1.165) is 38.9 Å². The number of ketones is 2. The van der Waals surface area contributed by atoms with E-state index >= 15 is 0 Å². The molecule has 0 fully saturated rings. The van der Waals surface area contributed by atoms with Crippen molar-refractivity contribution in [3.8, 4) is 22.3 Å². The zero-order valence-electron chi connectivity index (χ0n) is 25.7. The molecule has 0 radical (unpaired) electrons. The molecule has 0 aromatic heterocycles. The Balaban J connectivity index is 0.000000181. The Hall–Kier alpha value is -4.47. The molecular formula is C41H31Cl3O2. The number of aryl methyl sites for hydroxylation is 3. The molecule has 0 heterocycles. The predicted octanol–water partition coefficient (Wildman–Crippen LogP) is 12.1. The van der Waals surface area contributed by atoms with Gasteiger partial charge in [-0.15, -0.1) is 0 Å². The Morgan fingerprint density at radius 1 is 0.413 bits per heavy atom. The minimum absolute atomic E-state index is 0.0726. The summed E-state index contributed by atoms with van der Waals surface area (Å²) in [6.07, 6.45) is 0. The van der Waals surface area contributed by atoms with Crippen LogP contribution in [0.2, 0.25) is 15.1 Å². The number of carbonyl (C=O) groups is 2. The van der Waals surface area contributed by atoms with Gasteiger partial charge in [-0.25, -0.2) is 0 Å². The van der Waals surface area contributed by atoms with Crippen molar-refractivity contribution in [1.82, 2.24) is 0 Å². The first-order chi connectivity index (χ1) is 22.1. The van der Waals surface area contributed by atoms with Crippen LogP contribution < -0.4 is 0 Å². The van der Waals surface area contributed by atoms with Gasteiger partial charge < -0.3 is 0 Å². The summed E-state index contributed by atoms with van der Waals surface area (Å²) in [4.78, 5) is 25.8. The summed E-state index contributed by atoms with van der Waals surface area (Å²) in [5.41, 5.74) is 9.73. The van der Waals surface area contributed by atoms with Crippen molar-refractivity contribution in [2.24, 2.45) is 0 Å². The largest absolute Gasteiger partial charge is 0.289 e. The molecule has 0 saturated heterocycles. The van der Waals surface area contributed by atoms with Gasteiger partial charge in [0.1, 0.15) is 0 Å². The van der Waals surface area contributed by atoms with Gasteiger partial charge in [0.15, 0.2) is 11.6 Å². The van der Waals surface area contributed by atoms with Gasteiger partial charge in [0, 0.05) is 37.3 Å². The van der Waals surface area contributed by atoms with Crippen LogP contribution in [0, 0.1) is 20.8 Å². The Labute approximate surface area is 285 Å². The normalized spacial score (nSPS) is 10.6. The molecule has 0 atom stereocenters. The maximum Gasteiger partial charge on any atom is 0.193 e. The molecule has 46 heavy (non-hydrogen) atoms. The summed E-state index contributed by atoms with van der Waals surface area (Å²) in [7, 11) is 0. The molecule has 0 saturated carbocycles. The average molecular weight is 662 g/mol. The minimum Gasteiger partial charge on any atom is -0.289 e. The van der Waals surface area contributed by atoms with Crippen LogP contribution in [0.3, 0.4) is 0 Å². The van der Waals surface area contributed by atoms with Gasteiger partial charge in [-0.05, 0) is 79.4 Å². The summed E-state index contributed by atoms with van der Waals surface area (Å²) < 4.78 is 0. The number of hydrogen-bond donors (Lipinski definition) is 0. The van der Waals surface area contributed by atoms with Crippen LogP contribution in [-0.4, -0.2) is 11.6 Å². The molecule has 6 aromatic carbocycles. The first-order valence-corrected chi connectivity index (χ1v) is 15.9. The smallest absolute Gasteiger partial charge is 0.193 e. The highest BCUT2D eigenvalue weighted by Gasteiger charge is 2.17. The van der Waals surface area contributed by atoms with E-state index in [4.69, 9.17) is 34.8 Å². The molecule has 0 aliphatic heterocycles. The summed E-state index contributed by atoms with van der Waals surface area (Å²) in [5.74, 6) is -0.0253. The fraction of sp³-hybridized carbons (Fsp3) is 0.0732. The monoisotopic (exact) mass is 660 g/mol. The zero-order chi connectivity index (χ0) is 32.8. The number of hydrogen-bond acceptors (Lipinski definition) is 2. The summed E-state index contributed by atoms with van der Waals surface area (Å²) >= 11 is 18.3. The molecule has 2 nitrogen and oxygen atoms in total. The Bertz CT molecular complexity index is 1840. The molecule has 0 aliphatic rings. The third kappa shape index (κ3) is 8.02. The third-order valence-corrected chi connectivity index (χ3v) is 8.10. The number of halogens is 3. The van der Waals surface area contributed by atoms with Crippen LogP contribution in [0.25, 0.3) is 22.3 Å². The maximum atomic E-state index is 13.0. The van der Waals surface area contributed by atoms with Crippen molar-refractivity contribution in [2.75, 3.05) is 0 Å². The fourth-order valence-corrected chi connectivity index (χ4v) is 6.08. The number of benzene rings is 6. The maximum absolute atomic E-state index is 13.0. The highest BCUT2D eigenvalue weighted by atomic mass is 35.5. The molecular weight excluding hydrogens is 631 g/mol. The molecule has 0 N–H and O–H groups in total. The standard InChI is InChI=1S/C22H20O.C19H11Cl3O/c1-15-9-10-20(19-12-16(2)11-17(3)13-19)21(14-15)22(23)18-7-5-4-6-8-18;20-14-6-7-17(13-8-15(21)10-16(22)9-13)18(11-14)19(23)12-4-2-1-3-5-12/h4-14H,1-3H3;1-11H. The molecule has 0 amide bonds. The van der Waals surface area contributed by atoms with Crippen molar-refractivity contribution < 1.29 is 9.59 Å². The van der Waals surface area contributed by atoms with E-state index in [2.05, 4.69) is 44.2 Å². The highest BCUT2D eigenvalue weighted by molar-refractivity contribution is 6.35. The molecule has 228 valence electrons. The van der Waals surface area contributed by atoms with Gasteiger partial charge >= 0.3 is 0 Å².